The molecule has 306 valence electrons. The number of esters is 1. The lowest BCUT2D eigenvalue weighted by Crippen LogP contribution is -2.44. The van der Waals surface area contributed by atoms with Crippen molar-refractivity contribution in [3.8, 4) is 11.5 Å². The van der Waals surface area contributed by atoms with Crippen molar-refractivity contribution in [2.75, 3.05) is 6.54 Å². The molecular formula is C42H61NO12. The Morgan fingerprint density at radius 2 is 1.45 bits per heavy atom. The van der Waals surface area contributed by atoms with Gasteiger partial charge >= 0.3 is 12.1 Å². The summed E-state index contributed by atoms with van der Waals surface area (Å²) in [6.45, 7) is 9.80. The van der Waals surface area contributed by atoms with Crippen LogP contribution in [0, 0.1) is 0 Å². The Hall–Kier alpha value is -3.30. The van der Waals surface area contributed by atoms with E-state index in [1.807, 2.05) is 31.2 Å². The molecule has 11 unspecified atom stereocenters. The molecule has 0 spiro atoms. The fourth-order valence-corrected chi connectivity index (χ4v) is 7.62. The molecule has 11 atom stereocenters. The van der Waals surface area contributed by atoms with Crippen molar-refractivity contribution in [3.63, 3.8) is 0 Å². The molecule has 2 aromatic carbocycles. The van der Waals surface area contributed by atoms with Crippen LogP contribution < -0.4 is 10.1 Å². The molecule has 13 heteroatoms. The highest BCUT2D eigenvalue weighted by molar-refractivity contribution is 5.70. The van der Waals surface area contributed by atoms with Crippen molar-refractivity contribution in [3.05, 3.63) is 59.7 Å². The number of para-hydroxylation sites is 1. The summed E-state index contributed by atoms with van der Waals surface area (Å²) >= 11 is 0. The van der Waals surface area contributed by atoms with Crippen molar-refractivity contribution < 1.29 is 57.7 Å². The molecule has 3 saturated heterocycles. The second-order valence-electron chi connectivity index (χ2n) is 15.0. The van der Waals surface area contributed by atoms with E-state index in [0.29, 0.717) is 69.2 Å². The number of aliphatic hydroxyl groups excluding tert-OH is 1. The Kier molecular flexibility index (Phi) is 16.6. The van der Waals surface area contributed by atoms with Gasteiger partial charge in [0, 0.05) is 63.1 Å². The molecule has 0 bridgehead atoms. The maximum absolute atomic E-state index is 12.2. The van der Waals surface area contributed by atoms with Crippen LogP contribution in [0.25, 0.3) is 0 Å². The smallest absolute Gasteiger partial charge is 0.412 e. The summed E-state index contributed by atoms with van der Waals surface area (Å²) in [6, 6.07) is 14.3. The molecule has 0 aliphatic carbocycles. The van der Waals surface area contributed by atoms with Gasteiger partial charge in [0.2, 0.25) is 0 Å². The number of aliphatic hydroxyl groups is 1. The second-order valence-corrected chi connectivity index (χ2v) is 15.0. The minimum atomic E-state index is -0.804. The van der Waals surface area contributed by atoms with Gasteiger partial charge in [0.05, 0.1) is 42.7 Å². The van der Waals surface area contributed by atoms with E-state index in [2.05, 4.69) is 19.2 Å². The van der Waals surface area contributed by atoms with Crippen molar-refractivity contribution in [2.24, 2.45) is 0 Å². The second kappa shape index (κ2) is 21.3. The van der Waals surface area contributed by atoms with Crippen LogP contribution in [0.1, 0.15) is 129 Å². The first-order valence-corrected chi connectivity index (χ1v) is 20.1. The number of carbonyl (C=O) groups excluding carboxylic acids is 2. The first kappa shape index (κ1) is 42.8. The molecule has 55 heavy (non-hydrogen) atoms. The van der Waals surface area contributed by atoms with E-state index in [-0.39, 0.29) is 48.3 Å². The minimum Gasteiger partial charge on any atom is -0.507 e. The van der Waals surface area contributed by atoms with Crippen LogP contribution >= 0.6 is 0 Å². The van der Waals surface area contributed by atoms with Crippen molar-refractivity contribution in [1.82, 2.24) is 5.32 Å². The van der Waals surface area contributed by atoms with Gasteiger partial charge in [-0.05, 0) is 50.8 Å². The van der Waals surface area contributed by atoms with E-state index in [0.717, 1.165) is 24.8 Å². The highest BCUT2D eigenvalue weighted by atomic mass is 16.7. The Labute approximate surface area is 325 Å². The van der Waals surface area contributed by atoms with E-state index in [4.69, 9.17) is 37.9 Å². The molecule has 0 aromatic heterocycles. The first-order valence-electron chi connectivity index (χ1n) is 20.1. The predicted molar refractivity (Wildman–Crippen MR) is 202 cm³/mol. The third kappa shape index (κ3) is 13.4. The summed E-state index contributed by atoms with van der Waals surface area (Å²) in [6.07, 6.45) is 2.12. The maximum atomic E-state index is 12.2. The van der Waals surface area contributed by atoms with E-state index in [1.165, 1.54) is 6.92 Å². The van der Waals surface area contributed by atoms with Crippen molar-refractivity contribution in [1.29, 1.82) is 0 Å². The normalized spacial score (nSPS) is 29.5. The maximum Gasteiger partial charge on any atom is 0.412 e. The van der Waals surface area contributed by atoms with E-state index >= 15 is 0 Å². The summed E-state index contributed by atoms with van der Waals surface area (Å²) in [7, 11) is 0. The average molecular weight is 772 g/mol. The van der Waals surface area contributed by atoms with Gasteiger partial charge in [0.1, 0.15) is 17.6 Å². The lowest BCUT2D eigenvalue weighted by molar-refractivity contribution is -0.288. The molecule has 3 N–H and O–H groups in total. The molecule has 13 nitrogen and oxygen atoms in total. The number of rotatable bonds is 17. The monoisotopic (exact) mass is 771 g/mol. The lowest BCUT2D eigenvalue weighted by atomic mass is 9.93. The zero-order valence-electron chi connectivity index (χ0n) is 32.9. The molecule has 3 fully saturated rings. The third-order valence-corrected chi connectivity index (χ3v) is 10.1. The lowest BCUT2D eigenvalue weighted by Gasteiger charge is -2.42. The van der Waals surface area contributed by atoms with Crippen LogP contribution in [0.4, 0.5) is 4.79 Å². The summed E-state index contributed by atoms with van der Waals surface area (Å²) < 4.78 is 49.5. The first-order chi connectivity index (χ1) is 26.5. The molecule has 0 saturated carbocycles. The number of amides is 1. The average Bonchev–Trinajstić information content (AvgIpc) is 3.13. The summed E-state index contributed by atoms with van der Waals surface area (Å²) in [5.74, 6) is 0.119. The zero-order valence-corrected chi connectivity index (χ0v) is 32.9. The highest BCUT2D eigenvalue weighted by Gasteiger charge is 2.40. The number of phenols is 1. The summed E-state index contributed by atoms with van der Waals surface area (Å²) in [5.41, 5.74) is 1.30. The topological polar surface area (TPSA) is 160 Å². The number of hydrogen-bond acceptors (Lipinski definition) is 12. The molecule has 3 aliphatic heterocycles. The van der Waals surface area contributed by atoms with E-state index in [1.54, 1.807) is 31.2 Å². The Bertz CT molecular complexity index is 1490. The Balaban J connectivity index is 1.28. The molecule has 0 radical (unpaired) electrons. The van der Waals surface area contributed by atoms with Crippen LogP contribution in [0.2, 0.25) is 0 Å². The number of benzene rings is 2. The van der Waals surface area contributed by atoms with Crippen LogP contribution in [0.5, 0.6) is 11.5 Å². The summed E-state index contributed by atoms with van der Waals surface area (Å²) in [5, 5.41) is 24.4. The van der Waals surface area contributed by atoms with E-state index < -0.39 is 37.2 Å². The van der Waals surface area contributed by atoms with Crippen molar-refractivity contribution in [2.45, 2.75) is 173 Å². The van der Waals surface area contributed by atoms with Crippen LogP contribution in [0.15, 0.2) is 48.5 Å². The van der Waals surface area contributed by atoms with Gasteiger partial charge in [0.15, 0.2) is 18.9 Å². The SMILES string of the molecule is CCCNC(=O)Oc1cccc(C2OC(CC)CC(CC3CC(CC4CC(CC(O)CC(C)OC(C)=O)OC(CCC)O4)OC(c4ccccc4O)O3)O2)c1. The Morgan fingerprint density at radius 3 is 2.13 bits per heavy atom. The van der Waals surface area contributed by atoms with Gasteiger partial charge in [-0.15, -0.1) is 0 Å². The van der Waals surface area contributed by atoms with Crippen LogP contribution in [-0.4, -0.2) is 83.9 Å². The summed E-state index contributed by atoms with van der Waals surface area (Å²) in [4.78, 5) is 23.6. The van der Waals surface area contributed by atoms with Gasteiger partial charge in [-0.1, -0.05) is 57.5 Å². The number of carbonyl (C=O) groups is 2. The Morgan fingerprint density at radius 1 is 0.818 bits per heavy atom. The van der Waals surface area contributed by atoms with Gasteiger partial charge in [0.25, 0.3) is 0 Å². The van der Waals surface area contributed by atoms with E-state index in [9.17, 15) is 19.8 Å². The number of aromatic hydroxyl groups is 1. The molecule has 1 amide bonds. The largest absolute Gasteiger partial charge is 0.507 e. The van der Waals surface area contributed by atoms with Gasteiger partial charge in [-0.25, -0.2) is 4.79 Å². The number of nitrogens with one attached hydrogen (secondary N) is 1. The molecule has 2 aromatic rings. The quantitative estimate of drug-likeness (QED) is 0.136. The van der Waals surface area contributed by atoms with Gasteiger partial charge < -0.3 is 53.4 Å². The minimum absolute atomic E-state index is 0.0544. The van der Waals surface area contributed by atoms with Gasteiger partial charge in [-0.3, -0.25) is 4.79 Å². The zero-order chi connectivity index (χ0) is 39.3. The third-order valence-electron chi connectivity index (χ3n) is 10.1. The van der Waals surface area contributed by atoms with Gasteiger partial charge in [-0.2, -0.15) is 0 Å². The molecule has 5 rings (SSSR count). The molecule has 3 aliphatic rings. The molecule has 3 heterocycles. The number of ether oxygens (including phenoxy) is 8. The standard InChI is InChI=1S/C42H61NO12/c1-6-12-39-49-32(20-29(45)18-26(4)48-27(5)44)22-33(50-39)23-35-25-36(54-41(53-35)37-15-9-10-16-38(37)46)24-34-21-30(8-3)51-40(52-34)28-13-11-14-31(19-28)55-42(47)43-17-7-2/h9-11,13-16,19,26,29-30,32-36,39-41,45-46H,6-8,12,17-18,20-25H2,1-5H3,(H,43,47). The number of phenolic OH excluding ortho intramolecular Hbond substituents is 1. The molecular weight excluding hydrogens is 710 g/mol. The van der Waals surface area contributed by atoms with Crippen molar-refractivity contribution >= 4 is 12.1 Å². The van der Waals surface area contributed by atoms with Crippen LogP contribution in [0.3, 0.4) is 0 Å². The number of hydrogen-bond donors (Lipinski definition) is 3. The predicted octanol–water partition coefficient (Wildman–Crippen LogP) is 7.52. The van der Waals surface area contributed by atoms with Crippen LogP contribution in [-0.2, 0) is 38.0 Å². The fourth-order valence-electron chi connectivity index (χ4n) is 7.62. The highest BCUT2D eigenvalue weighted by Crippen LogP contribution is 2.41. The fraction of sp³-hybridized carbons (Fsp3) is 0.667.